The van der Waals surface area contributed by atoms with Gasteiger partial charge in [0.1, 0.15) is 5.75 Å². The van der Waals surface area contributed by atoms with Crippen molar-refractivity contribution in [1.29, 1.82) is 0 Å². The van der Waals surface area contributed by atoms with E-state index in [0.29, 0.717) is 6.42 Å². The second kappa shape index (κ2) is 6.03. The molecule has 0 saturated carbocycles. The molecule has 1 N–H and O–H groups in total. The summed E-state index contributed by atoms with van der Waals surface area (Å²) < 4.78 is 10.8. The Balaban J connectivity index is 1.95. The zero-order valence-corrected chi connectivity index (χ0v) is 10.3. The molecule has 3 heteroatoms. The van der Waals surface area contributed by atoms with Gasteiger partial charge in [0, 0.05) is 13.0 Å². The number of hydrogen-bond acceptors (Lipinski definition) is 3. The van der Waals surface area contributed by atoms with Crippen LogP contribution in [0.5, 0.6) is 5.75 Å². The van der Waals surface area contributed by atoms with Gasteiger partial charge in [0.2, 0.25) is 0 Å². The number of aliphatic hydroxyl groups excluding tert-OH is 1. The highest BCUT2D eigenvalue weighted by Gasteiger charge is 2.19. The first-order valence-corrected chi connectivity index (χ1v) is 6.23. The molecule has 17 heavy (non-hydrogen) atoms. The summed E-state index contributed by atoms with van der Waals surface area (Å²) in [5, 5.41) is 10.2. The molecule has 1 fully saturated rings. The molecule has 1 aliphatic rings. The van der Waals surface area contributed by atoms with E-state index in [1.807, 2.05) is 24.3 Å². The van der Waals surface area contributed by atoms with Gasteiger partial charge < -0.3 is 14.6 Å². The van der Waals surface area contributed by atoms with E-state index >= 15 is 0 Å². The van der Waals surface area contributed by atoms with Crippen LogP contribution in [0.3, 0.4) is 0 Å². The molecule has 2 unspecified atom stereocenters. The summed E-state index contributed by atoms with van der Waals surface area (Å²) in [6.45, 7) is 0.829. The van der Waals surface area contributed by atoms with E-state index in [2.05, 4.69) is 0 Å². The standard InChI is InChI=1S/C14H20O3/c1-16-12-7-4-5-11(9-12)14(15)10-13-6-2-3-8-17-13/h4-5,7,9,13-15H,2-3,6,8,10H2,1H3. The predicted molar refractivity (Wildman–Crippen MR) is 66.2 cm³/mol. The summed E-state index contributed by atoms with van der Waals surface area (Å²) in [5.41, 5.74) is 0.901. The first kappa shape index (κ1) is 12.4. The zero-order valence-electron chi connectivity index (χ0n) is 10.3. The van der Waals surface area contributed by atoms with E-state index < -0.39 is 6.10 Å². The number of ether oxygens (including phenoxy) is 2. The normalized spacial score (nSPS) is 22.1. The van der Waals surface area contributed by atoms with E-state index in [-0.39, 0.29) is 6.10 Å². The van der Waals surface area contributed by atoms with E-state index in [1.165, 1.54) is 6.42 Å². The maximum atomic E-state index is 10.2. The summed E-state index contributed by atoms with van der Waals surface area (Å²) in [6, 6.07) is 7.59. The van der Waals surface area contributed by atoms with Gasteiger partial charge in [0.25, 0.3) is 0 Å². The average Bonchev–Trinajstić information content (AvgIpc) is 2.40. The second-order valence-electron chi connectivity index (χ2n) is 4.52. The summed E-state index contributed by atoms with van der Waals surface area (Å²) in [7, 11) is 1.63. The lowest BCUT2D eigenvalue weighted by Gasteiger charge is -2.25. The minimum absolute atomic E-state index is 0.199. The smallest absolute Gasteiger partial charge is 0.119 e. The van der Waals surface area contributed by atoms with Crippen molar-refractivity contribution >= 4 is 0 Å². The fourth-order valence-corrected chi connectivity index (χ4v) is 2.23. The van der Waals surface area contributed by atoms with Gasteiger partial charge in [-0.05, 0) is 37.0 Å². The zero-order chi connectivity index (χ0) is 12.1. The van der Waals surface area contributed by atoms with E-state index in [9.17, 15) is 5.11 Å². The lowest BCUT2D eigenvalue weighted by atomic mass is 9.99. The number of methoxy groups -OCH3 is 1. The topological polar surface area (TPSA) is 38.7 Å². The molecule has 0 radical (unpaired) electrons. The van der Waals surface area contributed by atoms with Crippen LogP contribution in [-0.4, -0.2) is 24.9 Å². The SMILES string of the molecule is COc1cccc(C(O)CC2CCCCO2)c1. The lowest BCUT2D eigenvalue weighted by Crippen LogP contribution is -2.21. The molecule has 1 aromatic rings. The molecule has 2 atom stereocenters. The van der Waals surface area contributed by atoms with Gasteiger partial charge in [-0.1, -0.05) is 12.1 Å². The minimum atomic E-state index is -0.465. The van der Waals surface area contributed by atoms with Gasteiger partial charge in [-0.3, -0.25) is 0 Å². The minimum Gasteiger partial charge on any atom is -0.497 e. The Morgan fingerprint density at radius 2 is 2.35 bits per heavy atom. The number of benzene rings is 1. The number of aliphatic hydroxyl groups is 1. The van der Waals surface area contributed by atoms with Crippen molar-refractivity contribution in [1.82, 2.24) is 0 Å². The van der Waals surface area contributed by atoms with Crippen LogP contribution in [0, 0.1) is 0 Å². The lowest BCUT2D eigenvalue weighted by molar-refractivity contribution is -0.0155. The van der Waals surface area contributed by atoms with Crippen molar-refractivity contribution in [3.05, 3.63) is 29.8 Å². The van der Waals surface area contributed by atoms with E-state index in [0.717, 1.165) is 30.8 Å². The van der Waals surface area contributed by atoms with Crippen molar-refractivity contribution in [2.75, 3.05) is 13.7 Å². The highest BCUT2D eigenvalue weighted by Crippen LogP contribution is 2.26. The molecule has 1 saturated heterocycles. The molecule has 3 nitrogen and oxygen atoms in total. The van der Waals surface area contributed by atoms with Crippen LogP contribution < -0.4 is 4.74 Å². The summed E-state index contributed by atoms with van der Waals surface area (Å²) in [5.74, 6) is 0.783. The van der Waals surface area contributed by atoms with Gasteiger partial charge in [0.15, 0.2) is 0 Å². The molecular weight excluding hydrogens is 216 g/mol. The van der Waals surface area contributed by atoms with Crippen molar-refractivity contribution in [2.24, 2.45) is 0 Å². The second-order valence-corrected chi connectivity index (χ2v) is 4.52. The van der Waals surface area contributed by atoms with Crippen LogP contribution in [0.1, 0.15) is 37.4 Å². The Morgan fingerprint density at radius 1 is 1.47 bits per heavy atom. The summed E-state index contributed by atoms with van der Waals surface area (Å²) >= 11 is 0. The van der Waals surface area contributed by atoms with Gasteiger partial charge >= 0.3 is 0 Å². The van der Waals surface area contributed by atoms with Gasteiger partial charge in [-0.25, -0.2) is 0 Å². The Labute approximate surface area is 102 Å². The van der Waals surface area contributed by atoms with Gasteiger partial charge in [-0.2, -0.15) is 0 Å². The first-order valence-electron chi connectivity index (χ1n) is 6.23. The molecule has 0 aliphatic carbocycles. The van der Waals surface area contributed by atoms with Crippen LogP contribution in [-0.2, 0) is 4.74 Å². The van der Waals surface area contributed by atoms with Crippen LogP contribution in [0.4, 0.5) is 0 Å². The molecule has 0 bridgehead atoms. The highest BCUT2D eigenvalue weighted by atomic mass is 16.5. The first-order chi connectivity index (χ1) is 8.29. The molecule has 1 heterocycles. The molecular formula is C14H20O3. The van der Waals surface area contributed by atoms with Crippen LogP contribution >= 0.6 is 0 Å². The van der Waals surface area contributed by atoms with Gasteiger partial charge in [-0.15, -0.1) is 0 Å². The summed E-state index contributed by atoms with van der Waals surface area (Å²) in [4.78, 5) is 0. The Kier molecular flexibility index (Phi) is 4.40. The third-order valence-corrected chi connectivity index (χ3v) is 3.24. The van der Waals surface area contributed by atoms with Crippen molar-refractivity contribution in [3.63, 3.8) is 0 Å². The van der Waals surface area contributed by atoms with Crippen molar-refractivity contribution in [2.45, 2.75) is 37.9 Å². The molecule has 1 aromatic carbocycles. The van der Waals surface area contributed by atoms with Crippen LogP contribution in [0.2, 0.25) is 0 Å². The molecule has 0 aromatic heterocycles. The van der Waals surface area contributed by atoms with Gasteiger partial charge in [0.05, 0.1) is 19.3 Å². The van der Waals surface area contributed by atoms with Crippen LogP contribution in [0.15, 0.2) is 24.3 Å². The molecule has 0 amide bonds. The monoisotopic (exact) mass is 236 g/mol. The maximum Gasteiger partial charge on any atom is 0.119 e. The quantitative estimate of drug-likeness (QED) is 0.873. The molecule has 0 spiro atoms. The Morgan fingerprint density at radius 3 is 3.06 bits per heavy atom. The highest BCUT2D eigenvalue weighted by molar-refractivity contribution is 5.29. The maximum absolute atomic E-state index is 10.2. The Hall–Kier alpha value is -1.06. The largest absolute Gasteiger partial charge is 0.497 e. The fourth-order valence-electron chi connectivity index (χ4n) is 2.23. The van der Waals surface area contributed by atoms with Crippen molar-refractivity contribution < 1.29 is 14.6 Å². The third kappa shape index (κ3) is 3.45. The van der Waals surface area contributed by atoms with E-state index in [4.69, 9.17) is 9.47 Å². The third-order valence-electron chi connectivity index (χ3n) is 3.24. The fraction of sp³-hybridized carbons (Fsp3) is 0.571. The molecule has 94 valence electrons. The number of rotatable bonds is 4. The Bertz CT molecular complexity index is 345. The van der Waals surface area contributed by atoms with E-state index in [1.54, 1.807) is 7.11 Å². The number of hydrogen-bond donors (Lipinski definition) is 1. The van der Waals surface area contributed by atoms with Crippen molar-refractivity contribution in [3.8, 4) is 5.75 Å². The molecule has 1 aliphatic heterocycles. The predicted octanol–water partition coefficient (Wildman–Crippen LogP) is 2.69. The summed E-state index contributed by atoms with van der Waals surface area (Å²) in [6.07, 6.45) is 3.81. The molecule has 2 rings (SSSR count). The van der Waals surface area contributed by atoms with Crippen LogP contribution in [0.25, 0.3) is 0 Å². The average molecular weight is 236 g/mol.